The molecule has 0 unspecified atom stereocenters. The molecule has 0 atom stereocenters. The highest BCUT2D eigenvalue weighted by molar-refractivity contribution is 5.76. The zero-order valence-electron chi connectivity index (χ0n) is 9.35. The van der Waals surface area contributed by atoms with Gasteiger partial charge in [-0.3, -0.25) is 15.5 Å². The maximum atomic E-state index is 10.4. The Morgan fingerprint density at radius 3 is 2.84 bits per heavy atom. The van der Waals surface area contributed by atoms with Crippen LogP contribution in [0.2, 0.25) is 0 Å². The lowest BCUT2D eigenvalue weighted by Crippen LogP contribution is -1.96. The number of nitriles is 1. The highest BCUT2D eigenvalue weighted by Gasteiger charge is 2.10. The first kappa shape index (κ1) is 12.2. The van der Waals surface area contributed by atoms with Gasteiger partial charge in [0.15, 0.2) is 17.3 Å². The number of hydrazone groups is 1. The van der Waals surface area contributed by atoms with Crippen LogP contribution >= 0.6 is 0 Å². The van der Waals surface area contributed by atoms with Crippen LogP contribution in [-0.4, -0.2) is 21.3 Å². The normalized spacial score (nSPS) is 10.3. The number of hydrogen-bond acceptors (Lipinski definition) is 8. The number of nitrogens with zero attached hydrogens (tertiary/aromatic N) is 5. The van der Waals surface area contributed by atoms with Crippen molar-refractivity contribution in [2.24, 2.45) is 5.10 Å². The predicted octanol–water partition coefficient (Wildman–Crippen LogP) is 1.30. The van der Waals surface area contributed by atoms with Crippen LogP contribution in [0.5, 0.6) is 0 Å². The standard InChI is InChI=1S/C10H6N6O3/c11-5-7-1-3-9(15-13-7)14-12-6-8-2-4-10(19-8)16(17)18/h1-4,6H,(H,14,15)/b12-6+. The Balaban J connectivity index is 1.98. The molecule has 1 N–H and O–H groups in total. The minimum Gasteiger partial charge on any atom is -0.400 e. The summed E-state index contributed by atoms with van der Waals surface area (Å²) in [4.78, 5) is 9.73. The number of nitrogens with one attached hydrogen (secondary N) is 1. The van der Waals surface area contributed by atoms with Gasteiger partial charge >= 0.3 is 5.88 Å². The number of hydrogen-bond donors (Lipinski definition) is 1. The van der Waals surface area contributed by atoms with Crippen molar-refractivity contribution in [3.8, 4) is 6.07 Å². The summed E-state index contributed by atoms with van der Waals surface area (Å²) >= 11 is 0. The number of aromatic nitrogens is 2. The third-order valence-corrected chi connectivity index (χ3v) is 1.94. The van der Waals surface area contributed by atoms with E-state index in [0.29, 0.717) is 5.82 Å². The summed E-state index contributed by atoms with van der Waals surface area (Å²) in [6, 6.07) is 7.46. The molecule has 19 heavy (non-hydrogen) atoms. The monoisotopic (exact) mass is 258 g/mol. The second kappa shape index (κ2) is 5.37. The first-order chi connectivity index (χ1) is 9.19. The summed E-state index contributed by atoms with van der Waals surface area (Å²) in [6.07, 6.45) is 1.26. The molecule has 2 aromatic heterocycles. The number of rotatable bonds is 4. The fourth-order valence-corrected chi connectivity index (χ4v) is 1.12. The van der Waals surface area contributed by atoms with E-state index in [9.17, 15) is 10.1 Å². The summed E-state index contributed by atoms with van der Waals surface area (Å²) in [5, 5.41) is 29.9. The number of anilines is 1. The molecule has 2 heterocycles. The van der Waals surface area contributed by atoms with Gasteiger partial charge < -0.3 is 4.42 Å². The van der Waals surface area contributed by atoms with Gasteiger partial charge in [-0.1, -0.05) is 0 Å². The van der Waals surface area contributed by atoms with Crippen LogP contribution < -0.4 is 5.43 Å². The molecule has 9 nitrogen and oxygen atoms in total. The molecular weight excluding hydrogens is 252 g/mol. The summed E-state index contributed by atoms with van der Waals surface area (Å²) in [5.41, 5.74) is 2.73. The van der Waals surface area contributed by atoms with E-state index in [-0.39, 0.29) is 17.3 Å². The molecule has 0 aliphatic heterocycles. The predicted molar refractivity (Wildman–Crippen MR) is 63.3 cm³/mol. The van der Waals surface area contributed by atoms with Crippen LogP contribution in [0.1, 0.15) is 11.5 Å². The first-order valence-electron chi connectivity index (χ1n) is 4.96. The highest BCUT2D eigenvalue weighted by Crippen LogP contribution is 2.13. The maximum Gasteiger partial charge on any atom is 0.433 e. The highest BCUT2D eigenvalue weighted by atomic mass is 16.6. The van der Waals surface area contributed by atoms with Crippen LogP contribution in [0.25, 0.3) is 0 Å². The molecule has 0 fully saturated rings. The van der Waals surface area contributed by atoms with E-state index in [2.05, 4.69) is 20.7 Å². The van der Waals surface area contributed by atoms with Gasteiger partial charge in [-0.15, -0.1) is 10.2 Å². The molecule has 0 saturated heterocycles. The topological polar surface area (TPSA) is 130 Å². The van der Waals surface area contributed by atoms with Gasteiger partial charge in [0.25, 0.3) is 0 Å². The van der Waals surface area contributed by atoms with Gasteiger partial charge in [0, 0.05) is 0 Å². The second-order valence-corrected chi connectivity index (χ2v) is 3.22. The van der Waals surface area contributed by atoms with E-state index in [1.54, 1.807) is 0 Å². The van der Waals surface area contributed by atoms with Crippen molar-refractivity contribution in [3.63, 3.8) is 0 Å². The lowest BCUT2D eigenvalue weighted by atomic mass is 10.4. The average molecular weight is 258 g/mol. The minimum absolute atomic E-state index is 0.191. The van der Waals surface area contributed by atoms with Crippen molar-refractivity contribution in [2.75, 3.05) is 5.43 Å². The molecule has 94 valence electrons. The van der Waals surface area contributed by atoms with Gasteiger partial charge in [0.05, 0.1) is 12.3 Å². The Morgan fingerprint density at radius 1 is 1.42 bits per heavy atom. The molecule has 0 aromatic carbocycles. The van der Waals surface area contributed by atoms with Gasteiger partial charge in [0.1, 0.15) is 11.0 Å². The van der Waals surface area contributed by atoms with E-state index in [1.807, 2.05) is 6.07 Å². The summed E-state index contributed by atoms with van der Waals surface area (Å²) in [7, 11) is 0. The zero-order valence-corrected chi connectivity index (χ0v) is 9.35. The fraction of sp³-hybridized carbons (Fsp3) is 0. The van der Waals surface area contributed by atoms with Crippen molar-refractivity contribution in [1.29, 1.82) is 5.26 Å². The molecule has 2 aromatic rings. The summed E-state index contributed by atoms with van der Waals surface area (Å²) < 4.78 is 4.85. The summed E-state index contributed by atoms with van der Waals surface area (Å²) in [6.45, 7) is 0. The van der Waals surface area contributed by atoms with E-state index in [4.69, 9.17) is 9.68 Å². The van der Waals surface area contributed by atoms with E-state index < -0.39 is 4.92 Å². The van der Waals surface area contributed by atoms with Crippen LogP contribution in [0.3, 0.4) is 0 Å². The maximum absolute atomic E-state index is 10.4. The first-order valence-corrected chi connectivity index (χ1v) is 4.96. The molecule has 0 aliphatic carbocycles. The Labute approximate surface area is 106 Å². The molecule has 0 spiro atoms. The average Bonchev–Trinajstić information content (AvgIpc) is 2.89. The van der Waals surface area contributed by atoms with E-state index in [0.717, 1.165) is 0 Å². The largest absolute Gasteiger partial charge is 0.433 e. The Morgan fingerprint density at radius 2 is 2.26 bits per heavy atom. The fourth-order valence-electron chi connectivity index (χ4n) is 1.12. The minimum atomic E-state index is -0.642. The van der Waals surface area contributed by atoms with Crippen LogP contribution in [0.15, 0.2) is 33.8 Å². The lowest BCUT2D eigenvalue weighted by molar-refractivity contribution is -0.402. The van der Waals surface area contributed by atoms with Crippen molar-refractivity contribution in [2.45, 2.75) is 0 Å². The van der Waals surface area contributed by atoms with Crippen molar-refractivity contribution in [1.82, 2.24) is 10.2 Å². The molecule has 0 bridgehead atoms. The Bertz CT molecular complexity index is 655. The molecule has 0 aliphatic rings. The third-order valence-electron chi connectivity index (χ3n) is 1.94. The van der Waals surface area contributed by atoms with Crippen molar-refractivity contribution in [3.05, 3.63) is 45.8 Å². The SMILES string of the molecule is N#Cc1ccc(N/N=C/c2ccc([N+](=O)[O-])o2)nn1. The zero-order chi connectivity index (χ0) is 13.7. The van der Waals surface area contributed by atoms with Gasteiger partial charge in [-0.25, -0.2) is 0 Å². The second-order valence-electron chi connectivity index (χ2n) is 3.22. The number of nitro groups is 1. The molecular formula is C10H6N6O3. The smallest absolute Gasteiger partial charge is 0.400 e. The van der Waals surface area contributed by atoms with Gasteiger partial charge in [0.2, 0.25) is 0 Å². The van der Waals surface area contributed by atoms with Gasteiger partial charge in [-0.05, 0) is 18.2 Å². The van der Waals surface area contributed by atoms with E-state index in [1.165, 1.54) is 30.5 Å². The van der Waals surface area contributed by atoms with Gasteiger partial charge in [-0.2, -0.15) is 10.4 Å². The van der Waals surface area contributed by atoms with Crippen molar-refractivity contribution >= 4 is 17.9 Å². The quantitative estimate of drug-likeness (QED) is 0.496. The van der Waals surface area contributed by atoms with E-state index >= 15 is 0 Å². The molecule has 0 radical (unpaired) electrons. The van der Waals surface area contributed by atoms with Crippen LogP contribution in [0.4, 0.5) is 11.7 Å². The van der Waals surface area contributed by atoms with Crippen molar-refractivity contribution < 1.29 is 9.34 Å². The third kappa shape index (κ3) is 3.10. The Kier molecular flexibility index (Phi) is 3.44. The molecule has 9 heteroatoms. The van der Waals surface area contributed by atoms with Crippen LogP contribution in [0, 0.1) is 21.4 Å². The Hall–Kier alpha value is -3.28. The summed E-state index contributed by atoms with van der Waals surface area (Å²) in [5.74, 6) is 0.191. The van der Waals surface area contributed by atoms with Crippen LogP contribution in [-0.2, 0) is 0 Å². The molecule has 0 saturated carbocycles. The molecule has 2 rings (SSSR count). The lowest BCUT2D eigenvalue weighted by Gasteiger charge is -1.95. The number of furan rings is 1. The molecule has 0 amide bonds.